The molecule has 3 aromatic carbocycles. The fraction of sp³-hybridized carbons (Fsp3) is 0.160. The highest BCUT2D eigenvalue weighted by molar-refractivity contribution is 7.80. The Bertz CT molecular complexity index is 1090. The van der Waals surface area contributed by atoms with Gasteiger partial charge < -0.3 is 14.8 Å². The number of hydrogen-bond donors (Lipinski definition) is 3. The van der Waals surface area contributed by atoms with Crippen molar-refractivity contribution in [3.05, 3.63) is 84.4 Å². The zero-order valence-corrected chi connectivity index (χ0v) is 19.1. The molecule has 0 bridgehead atoms. The maximum Gasteiger partial charge on any atom is 0.338 e. The van der Waals surface area contributed by atoms with E-state index in [0.29, 0.717) is 23.6 Å². The summed E-state index contributed by atoms with van der Waals surface area (Å²) in [6.45, 7) is 3.71. The van der Waals surface area contributed by atoms with Crippen molar-refractivity contribution in [2.45, 2.75) is 20.0 Å². The number of nitrogens with one attached hydrogen (secondary N) is 3. The summed E-state index contributed by atoms with van der Waals surface area (Å²) in [4.78, 5) is 24.0. The molecule has 170 valence electrons. The number of amides is 1. The van der Waals surface area contributed by atoms with E-state index in [4.69, 9.17) is 21.7 Å². The van der Waals surface area contributed by atoms with E-state index < -0.39 is 6.10 Å². The molecule has 0 aromatic heterocycles. The van der Waals surface area contributed by atoms with Gasteiger partial charge in [0.2, 0.25) is 0 Å². The summed E-state index contributed by atoms with van der Waals surface area (Å²) in [7, 11) is 0. The van der Waals surface area contributed by atoms with Gasteiger partial charge in [-0.15, -0.1) is 0 Å². The van der Waals surface area contributed by atoms with E-state index in [2.05, 4.69) is 16.2 Å². The van der Waals surface area contributed by atoms with Crippen LogP contribution in [0.1, 0.15) is 24.2 Å². The molecule has 7 nitrogen and oxygen atoms in total. The van der Waals surface area contributed by atoms with Gasteiger partial charge in [0, 0.05) is 5.69 Å². The zero-order valence-electron chi connectivity index (χ0n) is 18.3. The van der Waals surface area contributed by atoms with Gasteiger partial charge in [0.05, 0.1) is 12.2 Å². The second-order valence-corrected chi connectivity index (χ2v) is 7.42. The zero-order chi connectivity index (χ0) is 23.6. The monoisotopic (exact) mass is 463 g/mol. The highest BCUT2D eigenvalue weighted by Gasteiger charge is 2.15. The van der Waals surface area contributed by atoms with Gasteiger partial charge in [0.1, 0.15) is 5.75 Å². The lowest BCUT2D eigenvalue weighted by molar-refractivity contribution is -0.127. The van der Waals surface area contributed by atoms with Crippen molar-refractivity contribution in [3.8, 4) is 16.9 Å². The smallest absolute Gasteiger partial charge is 0.338 e. The van der Waals surface area contributed by atoms with E-state index in [0.717, 1.165) is 11.1 Å². The van der Waals surface area contributed by atoms with Gasteiger partial charge in [0.25, 0.3) is 5.91 Å². The van der Waals surface area contributed by atoms with E-state index in [9.17, 15) is 9.59 Å². The lowest BCUT2D eigenvalue weighted by Crippen LogP contribution is -2.48. The molecule has 0 saturated heterocycles. The summed E-state index contributed by atoms with van der Waals surface area (Å²) in [6.07, 6.45) is -0.744. The highest BCUT2D eigenvalue weighted by Crippen LogP contribution is 2.22. The third-order valence-corrected chi connectivity index (χ3v) is 4.80. The van der Waals surface area contributed by atoms with Gasteiger partial charge in [-0.1, -0.05) is 42.5 Å². The van der Waals surface area contributed by atoms with Crippen LogP contribution in [0.4, 0.5) is 5.69 Å². The normalized spacial score (nSPS) is 11.1. The Hall–Kier alpha value is -3.91. The fourth-order valence-electron chi connectivity index (χ4n) is 2.90. The second kappa shape index (κ2) is 11.6. The molecule has 0 fully saturated rings. The SMILES string of the molecule is CCOC(=O)c1ccc(NC(=S)NNC(=O)[C@@H](C)Oc2ccc(-c3ccccc3)cc2)cc1. The number of benzene rings is 3. The maximum atomic E-state index is 12.3. The summed E-state index contributed by atoms with van der Waals surface area (Å²) in [5.74, 6) is -0.190. The molecule has 8 heteroatoms. The molecule has 0 aliphatic carbocycles. The van der Waals surface area contributed by atoms with Crippen LogP contribution in [-0.2, 0) is 9.53 Å². The minimum Gasteiger partial charge on any atom is -0.481 e. The van der Waals surface area contributed by atoms with Crippen molar-refractivity contribution in [2.24, 2.45) is 0 Å². The van der Waals surface area contributed by atoms with Crippen molar-refractivity contribution in [1.29, 1.82) is 0 Å². The number of esters is 1. The first-order valence-electron chi connectivity index (χ1n) is 10.4. The number of rotatable bonds is 7. The third-order valence-electron chi connectivity index (χ3n) is 4.60. The Morgan fingerprint density at radius 2 is 1.52 bits per heavy atom. The van der Waals surface area contributed by atoms with E-state index in [1.165, 1.54) is 0 Å². The van der Waals surface area contributed by atoms with Gasteiger partial charge >= 0.3 is 5.97 Å². The molecule has 0 aliphatic heterocycles. The quantitative estimate of drug-likeness (QED) is 0.273. The number of hydrazine groups is 1. The van der Waals surface area contributed by atoms with Crippen molar-refractivity contribution in [2.75, 3.05) is 11.9 Å². The van der Waals surface area contributed by atoms with Crippen LogP contribution < -0.4 is 20.9 Å². The third kappa shape index (κ3) is 7.05. The molecular formula is C25H25N3O4S. The largest absolute Gasteiger partial charge is 0.481 e. The minimum atomic E-state index is -0.744. The van der Waals surface area contributed by atoms with E-state index in [1.807, 2.05) is 54.6 Å². The molecule has 0 spiro atoms. The molecule has 3 N–H and O–H groups in total. The number of anilines is 1. The first-order chi connectivity index (χ1) is 16.0. The van der Waals surface area contributed by atoms with Crippen molar-refractivity contribution >= 4 is 34.9 Å². The van der Waals surface area contributed by atoms with E-state index in [-0.39, 0.29) is 17.0 Å². The number of hydrogen-bond acceptors (Lipinski definition) is 5. The van der Waals surface area contributed by atoms with Crippen LogP contribution in [0.2, 0.25) is 0 Å². The average Bonchev–Trinajstić information content (AvgIpc) is 2.84. The molecule has 33 heavy (non-hydrogen) atoms. The predicted octanol–water partition coefficient (Wildman–Crippen LogP) is 4.32. The predicted molar refractivity (Wildman–Crippen MR) is 132 cm³/mol. The molecule has 0 unspecified atom stereocenters. The standard InChI is InChI=1S/C25H25N3O4S/c1-3-31-24(30)20-9-13-21(14-10-20)26-25(33)28-27-23(29)17(2)32-22-15-11-19(12-16-22)18-7-5-4-6-8-18/h4-17H,3H2,1-2H3,(H,27,29)(H2,26,28,33)/t17-/m1/s1. The summed E-state index contributed by atoms with van der Waals surface area (Å²) >= 11 is 5.19. The number of carbonyl (C=O) groups is 2. The van der Waals surface area contributed by atoms with Gasteiger partial charge in [-0.05, 0) is 73.6 Å². The summed E-state index contributed by atoms with van der Waals surface area (Å²) < 4.78 is 10.7. The Balaban J connectivity index is 1.45. The van der Waals surface area contributed by atoms with Gasteiger partial charge in [0.15, 0.2) is 11.2 Å². The first kappa shape index (κ1) is 23.7. The van der Waals surface area contributed by atoms with Crippen LogP contribution >= 0.6 is 12.2 Å². The van der Waals surface area contributed by atoms with Crippen LogP contribution in [0.3, 0.4) is 0 Å². The molecule has 3 aromatic rings. The fourth-order valence-corrected chi connectivity index (χ4v) is 3.07. The minimum absolute atomic E-state index is 0.187. The van der Waals surface area contributed by atoms with Crippen LogP contribution in [0.25, 0.3) is 11.1 Å². The Kier molecular flexibility index (Phi) is 8.37. The average molecular weight is 464 g/mol. The van der Waals surface area contributed by atoms with E-state index in [1.54, 1.807) is 38.1 Å². The van der Waals surface area contributed by atoms with E-state index >= 15 is 0 Å². The molecule has 0 heterocycles. The number of ether oxygens (including phenoxy) is 2. The molecule has 1 amide bonds. The second-order valence-electron chi connectivity index (χ2n) is 7.02. The number of carbonyl (C=O) groups excluding carboxylic acids is 2. The van der Waals surface area contributed by atoms with Crippen LogP contribution in [0.15, 0.2) is 78.9 Å². The highest BCUT2D eigenvalue weighted by atomic mass is 32.1. The Labute approximate surface area is 198 Å². The molecular weight excluding hydrogens is 438 g/mol. The Morgan fingerprint density at radius 1 is 0.879 bits per heavy atom. The lowest BCUT2D eigenvalue weighted by atomic mass is 10.1. The molecule has 0 saturated carbocycles. The van der Waals surface area contributed by atoms with Crippen molar-refractivity contribution < 1.29 is 19.1 Å². The summed E-state index contributed by atoms with van der Waals surface area (Å²) in [6, 6.07) is 24.2. The first-order valence-corrected chi connectivity index (χ1v) is 10.8. The van der Waals surface area contributed by atoms with Crippen molar-refractivity contribution in [3.63, 3.8) is 0 Å². The molecule has 3 rings (SSSR count). The van der Waals surface area contributed by atoms with Crippen LogP contribution in [0.5, 0.6) is 5.75 Å². The van der Waals surface area contributed by atoms with Gasteiger partial charge in [-0.2, -0.15) is 0 Å². The Morgan fingerprint density at radius 3 is 2.15 bits per heavy atom. The lowest BCUT2D eigenvalue weighted by Gasteiger charge is -2.17. The van der Waals surface area contributed by atoms with Crippen LogP contribution in [0, 0.1) is 0 Å². The molecule has 0 aliphatic rings. The molecule has 1 atom stereocenters. The van der Waals surface area contributed by atoms with Crippen LogP contribution in [-0.4, -0.2) is 29.7 Å². The molecule has 0 radical (unpaired) electrons. The van der Waals surface area contributed by atoms with Crippen molar-refractivity contribution in [1.82, 2.24) is 10.9 Å². The summed E-state index contributed by atoms with van der Waals surface area (Å²) in [5, 5.41) is 3.11. The topological polar surface area (TPSA) is 88.7 Å². The number of thiocarbonyl (C=S) groups is 1. The summed E-state index contributed by atoms with van der Waals surface area (Å²) in [5.41, 5.74) is 8.41. The van der Waals surface area contributed by atoms with Gasteiger partial charge in [-0.3, -0.25) is 15.6 Å². The maximum absolute atomic E-state index is 12.3. The van der Waals surface area contributed by atoms with Gasteiger partial charge in [-0.25, -0.2) is 4.79 Å².